The van der Waals surface area contributed by atoms with Crippen LogP contribution < -0.4 is 10.6 Å². The van der Waals surface area contributed by atoms with Gasteiger partial charge in [0.25, 0.3) is 11.6 Å². The molecule has 0 saturated heterocycles. The number of nitrogens with one attached hydrogen (secondary N) is 2. The predicted octanol–water partition coefficient (Wildman–Crippen LogP) is 3.09. The minimum atomic E-state index is -0.503. The van der Waals surface area contributed by atoms with Gasteiger partial charge in [-0.2, -0.15) is 0 Å². The van der Waals surface area contributed by atoms with Crippen molar-refractivity contribution in [3.63, 3.8) is 0 Å². The maximum absolute atomic E-state index is 11.8. The summed E-state index contributed by atoms with van der Waals surface area (Å²) in [5.41, 5.74) is 0.838. The zero-order valence-corrected chi connectivity index (χ0v) is 12.3. The van der Waals surface area contributed by atoms with Crippen LogP contribution in [-0.4, -0.2) is 23.9 Å². The second-order valence-corrected chi connectivity index (χ2v) is 4.90. The van der Waals surface area contributed by atoms with E-state index in [2.05, 4.69) is 10.6 Å². The molecule has 0 aromatic heterocycles. The first-order chi connectivity index (χ1) is 10.6. The molecule has 0 fully saturated rings. The molecular formula is C15H14ClN3O3. The number of halogens is 1. The molecule has 6 nitrogen and oxygen atoms in total. The van der Waals surface area contributed by atoms with E-state index in [1.807, 2.05) is 6.07 Å². The maximum Gasteiger partial charge on any atom is 0.293 e. The Bertz CT molecular complexity index is 677. The molecule has 2 aromatic rings. The number of carbonyl (C=O) groups excluding carboxylic acids is 1. The Hall–Kier alpha value is -2.60. The summed E-state index contributed by atoms with van der Waals surface area (Å²) in [6, 6.07) is 13.2. The van der Waals surface area contributed by atoms with E-state index in [0.29, 0.717) is 29.4 Å². The molecule has 7 heteroatoms. The van der Waals surface area contributed by atoms with Crippen molar-refractivity contribution in [2.75, 3.05) is 18.4 Å². The average Bonchev–Trinajstić information content (AvgIpc) is 2.53. The van der Waals surface area contributed by atoms with Crippen LogP contribution in [0.3, 0.4) is 0 Å². The lowest BCUT2D eigenvalue weighted by molar-refractivity contribution is -0.383. The Morgan fingerprint density at radius 2 is 1.86 bits per heavy atom. The van der Waals surface area contributed by atoms with Gasteiger partial charge in [0.2, 0.25) is 0 Å². The van der Waals surface area contributed by atoms with Crippen LogP contribution in [-0.2, 0) is 0 Å². The number of carbonyl (C=O) groups is 1. The molecule has 0 atom stereocenters. The van der Waals surface area contributed by atoms with Crippen LogP contribution >= 0.6 is 11.6 Å². The highest BCUT2D eigenvalue weighted by Gasteiger charge is 2.13. The lowest BCUT2D eigenvalue weighted by atomic mass is 10.2. The number of hydrogen-bond acceptors (Lipinski definition) is 4. The highest BCUT2D eigenvalue weighted by Crippen LogP contribution is 2.27. The summed E-state index contributed by atoms with van der Waals surface area (Å²) in [7, 11) is 0. The smallest absolute Gasteiger partial charge is 0.293 e. The molecule has 0 bridgehead atoms. The molecule has 0 spiro atoms. The molecule has 114 valence electrons. The van der Waals surface area contributed by atoms with Crippen molar-refractivity contribution >= 4 is 28.9 Å². The summed E-state index contributed by atoms with van der Waals surface area (Å²) in [5.74, 6) is -0.187. The van der Waals surface area contributed by atoms with E-state index in [1.165, 1.54) is 6.07 Å². The Morgan fingerprint density at radius 1 is 1.14 bits per heavy atom. The Balaban J connectivity index is 1.87. The molecular weight excluding hydrogens is 306 g/mol. The number of hydrogen-bond donors (Lipinski definition) is 2. The van der Waals surface area contributed by atoms with Crippen molar-refractivity contribution in [2.24, 2.45) is 0 Å². The van der Waals surface area contributed by atoms with Crippen LogP contribution in [0.4, 0.5) is 11.4 Å². The van der Waals surface area contributed by atoms with Gasteiger partial charge in [-0.05, 0) is 24.3 Å². The minimum absolute atomic E-state index is 0.0955. The van der Waals surface area contributed by atoms with Gasteiger partial charge in [-0.3, -0.25) is 14.9 Å². The van der Waals surface area contributed by atoms with Gasteiger partial charge in [-0.15, -0.1) is 0 Å². The van der Waals surface area contributed by atoms with Gasteiger partial charge < -0.3 is 10.6 Å². The molecule has 2 aromatic carbocycles. The van der Waals surface area contributed by atoms with Crippen molar-refractivity contribution in [1.82, 2.24) is 5.32 Å². The first-order valence-corrected chi connectivity index (χ1v) is 6.97. The molecule has 0 aliphatic carbocycles. The average molecular weight is 320 g/mol. The topological polar surface area (TPSA) is 84.3 Å². The molecule has 0 aliphatic rings. The highest BCUT2D eigenvalue weighted by molar-refractivity contribution is 6.30. The SMILES string of the molecule is O=C(NCCNc1ccc(Cl)cc1[N+](=O)[O-])c1ccccc1. The standard InChI is InChI=1S/C15H14ClN3O3/c16-12-6-7-13(14(10-12)19(21)22)17-8-9-18-15(20)11-4-2-1-3-5-11/h1-7,10,17H,8-9H2,(H,18,20). The molecule has 0 saturated carbocycles. The van der Waals surface area contributed by atoms with Gasteiger partial charge in [0.1, 0.15) is 5.69 Å². The van der Waals surface area contributed by atoms with Crippen LogP contribution in [0.1, 0.15) is 10.4 Å². The summed E-state index contributed by atoms with van der Waals surface area (Å²) < 4.78 is 0. The summed E-state index contributed by atoms with van der Waals surface area (Å²) in [5, 5.41) is 16.9. The van der Waals surface area contributed by atoms with Gasteiger partial charge in [0, 0.05) is 29.7 Å². The Morgan fingerprint density at radius 3 is 2.55 bits per heavy atom. The molecule has 0 radical (unpaired) electrons. The molecule has 22 heavy (non-hydrogen) atoms. The lowest BCUT2D eigenvalue weighted by Gasteiger charge is -2.08. The van der Waals surface area contributed by atoms with Gasteiger partial charge in [0.05, 0.1) is 4.92 Å². The normalized spacial score (nSPS) is 10.0. The molecule has 0 aliphatic heterocycles. The minimum Gasteiger partial charge on any atom is -0.378 e. The number of nitro groups is 1. The maximum atomic E-state index is 11.8. The van der Waals surface area contributed by atoms with Crippen molar-refractivity contribution in [3.05, 3.63) is 69.2 Å². The Labute approximate surface area is 132 Å². The number of anilines is 1. The third-order valence-corrected chi connectivity index (χ3v) is 3.15. The van der Waals surface area contributed by atoms with Crippen LogP contribution in [0.15, 0.2) is 48.5 Å². The molecule has 0 unspecified atom stereocenters. The van der Waals surface area contributed by atoms with Crippen LogP contribution in [0.2, 0.25) is 5.02 Å². The fraction of sp³-hybridized carbons (Fsp3) is 0.133. The third-order valence-electron chi connectivity index (χ3n) is 2.92. The van der Waals surface area contributed by atoms with Gasteiger partial charge >= 0.3 is 0 Å². The Kier molecular flexibility index (Phi) is 5.32. The van der Waals surface area contributed by atoms with E-state index in [0.717, 1.165) is 0 Å². The van der Waals surface area contributed by atoms with Crippen molar-refractivity contribution in [3.8, 4) is 0 Å². The molecule has 2 rings (SSSR count). The van der Waals surface area contributed by atoms with Crippen LogP contribution in [0.5, 0.6) is 0 Å². The zero-order chi connectivity index (χ0) is 15.9. The second kappa shape index (κ2) is 7.42. The number of nitrogens with zero attached hydrogens (tertiary/aromatic N) is 1. The van der Waals surface area contributed by atoms with Crippen molar-refractivity contribution < 1.29 is 9.72 Å². The van der Waals surface area contributed by atoms with Crippen molar-refractivity contribution in [1.29, 1.82) is 0 Å². The van der Waals surface area contributed by atoms with E-state index >= 15 is 0 Å². The van der Waals surface area contributed by atoms with E-state index in [9.17, 15) is 14.9 Å². The van der Waals surface area contributed by atoms with E-state index in [-0.39, 0.29) is 11.6 Å². The number of benzene rings is 2. The molecule has 2 N–H and O–H groups in total. The fourth-order valence-electron chi connectivity index (χ4n) is 1.87. The second-order valence-electron chi connectivity index (χ2n) is 4.47. The number of rotatable bonds is 6. The summed E-state index contributed by atoms with van der Waals surface area (Å²) in [4.78, 5) is 22.2. The quantitative estimate of drug-likeness (QED) is 0.487. The fourth-order valence-corrected chi connectivity index (χ4v) is 2.04. The third kappa shape index (κ3) is 4.20. The van der Waals surface area contributed by atoms with Gasteiger partial charge in [-0.25, -0.2) is 0 Å². The number of amides is 1. The van der Waals surface area contributed by atoms with Crippen molar-refractivity contribution in [2.45, 2.75) is 0 Å². The van der Waals surface area contributed by atoms with E-state index in [4.69, 9.17) is 11.6 Å². The highest BCUT2D eigenvalue weighted by atomic mass is 35.5. The summed E-state index contributed by atoms with van der Waals surface area (Å²) in [6.07, 6.45) is 0. The predicted molar refractivity (Wildman–Crippen MR) is 85.4 cm³/mol. The largest absolute Gasteiger partial charge is 0.378 e. The van der Waals surface area contributed by atoms with E-state index < -0.39 is 4.92 Å². The monoisotopic (exact) mass is 319 g/mol. The van der Waals surface area contributed by atoms with Crippen LogP contribution in [0, 0.1) is 10.1 Å². The number of nitro benzene ring substituents is 1. The lowest BCUT2D eigenvalue weighted by Crippen LogP contribution is -2.28. The molecule has 0 heterocycles. The summed E-state index contributed by atoms with van der Waals surface area (Å²) >= 11 is 5.74. The zero-order valence-electron chi connectivity index (χ0n) is 11.6. The first kappa shape index (κ1) is 15.8. The molecule has 1 amide bonds. The van der Waals surface area contributed by atoms with Gasteiger partial charge in [-0.1, -0.05) is 29.8 Å². The van der Waals surface area contributed by atoms with E-state index in [1.54, 1.807) is 36.4 Å². The van der Waals surface area contributed by atoms with Crippen LogP contribution in [0.25, 0.3) is 0 Å². The summed E-state index contributed by atoms with van der Waals surface area (Å²) in [6.45, 7) is 0.703. The first-order valence-electron chi connectivity index (χ1n) is 6.59. The van der Waals surface area contributed by atoms with Gasteiger partial charge in [0.15, 0.2) is 0 Å².